The van der Waals surface area contributed by atoms with Crippen molar-refractivity contribution in [3.63, 3.8) is 0 Å². The number of aryl methyl sites for hydroxylation is 2. The summed E-state index contributed by atoms with van der Waals surface area (Å²) >= 11 is 0. The van der Waals surface area contributed by atoms with Crippen LogP contribution in [0.1, 0.15) is 51.9 Å². The molecule has 1 amide bonds. The highest BCUT2D eigenvalue weighted by atomic mass is 16.5. The molecule has 0 spiro atoms. The third-order valence-corrected chi connectivity index (χ3v) is 6.29. The average molecular weight is 436 g/mol. The molecule has 0 unspecified atom stereocenters. The van der Waals surface area contributed by atoms with Crippen LogP contribution in [0.3, 0.4) is 0 Å². The maximum absolute atomic E-state index is 13.0. The SMILES string of the molecule is CN/C=C(\C=N)c1cnc(N)c(C(=O)N[C@H]2CCC[C@@H]2COc2cc(C)c(C)c(C)c2)c1. The minimum Gasteiger partial charge on any atom is -0.493 e. The number of aromatic nitrogens is 1. The molecule has 1 aliphatic carbocycles. The number of anilines is 1. The zero-order valence-electron chi connectivity index (χ0n) is 19.3. The normalized spacial score (nSPS) is 18.3. The molecule has 1 aliphatic rings. The minimum absolute atomic E-state index is 0.0215. The summed E-state index contributed by atoms with van der Waals surface area (Å²) < 4.78 is 6.11. The zero-order valence-corrected chi connectivity index (χ0v) is 19.3. The molecule has 2 aromatic rings. The Labute approximate surface area is 190 Å². The van der Waals surface area contributed by atoms with Crippen LogP contribution in [0.4, 0.5) is 5.82 Å². The van der Waals surface area contributed by atoms with Crippen molar-refractivity contribution >= 4 is 23.5 Å². The van der Waals surface area contributed by atoms with Gasteiger partial charge < -0.3 is 26.5 Å². The van der Waals surface area contributed by atoms with Crippen molar-refractivity contribution in [1.82, 2.24) is 15.6 Å². The van der Waals surface area contributed by atoms with Crippen LogP contribution < -0.4 is 21.1 Å². The maximum atomic E-state index is 13.0. The number of nitrogen functional groups attached to an aromatic ring is 1. The molecular formula is C25H33N5O2. The van der Waals surface area contributed by atoms with Crippen LogP contribution in [0, 0.1) is 32.1 Å². The van der Waals surface area contributed by atoms with E-state index in [1.54, 1.807) is 25.5 Å². The van der Waals surface area contributed by atoms with E-state index in [4.69, 9.17) is 15.9 Å². The van der Waals surface area contributed by atoms with Crippen LogP contribution in [0.2, 0.25) is 0 Å². The lowest BCUT2D eigenvalue weighted by atomic mass is 10.0. The summed E-state index contributed by atoms with van der Waals surface area (Å²) in [6.45, 7) is 6.86. The summed E-state index contributed by atoms with van der Waals surface area (Å²) in [7, 11) is 1.75. The van der Waals surface area contributed by atoms with E-state index < -0.39 is 0 Å². The molecule has 0 aliphatic heterocycles. The Kier molecular flexibility index (Phi) is 7.51. The number of pyridine rings is 1. The Morgan fingerprint density at radius 3 is 2.62 bits per heavy atom. The number of rotatable bonds is 8. The topological polar surface area (TPSA) is 113 Å². The third kappa shape index (κ3) is 5.28. The highest BCUT2D eigenvalue weighted by molar-refractivity contribution is 6.09. The molecule has 0 saturated heterocycles. The van der Waals surface area contributed by atoms with Crippen LogP contribution in [-0.4, -0.2) is 36.8 Å². The number of carbonyl (C=O) groups excluding carboxylic acids is 1. The van der Waals surface area contributed by atoms with Gasteiger partial charge in [-0.05, 0) is 68.5 Å². The standard InChI is InChI=1S/C25H33N5O2/c1-15-8-21(9-16(2)17(15)3)32-14-18-6-5-7-23(18)30-25(31)22-10-19(13-29-24(22)27)20(11-26)12-28-4/h8-13,18,23,26,28H,5-7,14H2,1-4H3,(H2,27,29)(H,30,31)/b20-12+,26-11?/t18-,23+/m1/s1. The van der Waals surface area contributed by atoms with E-state index in [9.17, 15) is 4.79 Å². The number of carbonyl (C=O) groups is 1. The van der Waals surface area contributed by atoms with Gasteiger partial charge in [-0.2, -0.15) is 0 Å². The van der Waals surface area contributed by atoms with E-state index in [0.29, 0.717) is 23.3 Å². The number of hydrogen-bond donors (Lipinski definition) is 4. The quantitative estimate of drug-likeness (QED) is 0.471. The molecule has 170 valence electrons. The largest absolute Gasteiger partial charge is 0.493 e. The lowest BCUT2D eigenvalue weighted by Crippen LogP contribution is -2.39. The van der Waals surface area contributed by atoms with Gasteiger partial charge in [0.15, 0.2) is 0 Å². The Hall–Kier alpha value is -3.35. The first-order valence-electron chi connectivity index (χ1n) is 11.0. The molecule has 1 fully saturated rings. The van der Waals surface area contributed by atoms with Gasteiger partial charge >= 0.3 is 0 Å². The molecule has 1 aromatic carbocycles. The lowest BCUT2D eigenvalue weighted by Gasteiger charge is -2.22. The number of allylic oxidation sites excluding steroid dienone is 1. The number of nitrogens with one attached hydrogen (secondary N) is 3. The number of nitrogens with two attached hydrogens (primary N) is 1. The number of ether oxygens (including phenoxy) is 1. The second-order valence-corrected chi connectivity index (χ2v) is 8.45. The fraction of sp³-hybridized carbons (Fsp3) is 0.400. The van der Waals surface area contributed by atoms with E-state index in [1.165, 1.54) is 22.9 Å². The monoisotopic (exact) mass is 435 g/mol. The fourth-order valence-corrected chi connectivity index (χ4v) is 4.13. The van der Waals surface area contributed by atoms with Crippen molar-refractivity contribution in [1.29, 1.82) is 5.41 Å². The van der Waals surface area contributed by atoms with Gasteiger partial charge in [0, 0.05) is 48.8 Å². The van der Waals surface area contributed by atoms with E-state index in [-0.39, 0.29) is 23.7 Å². The van der Waals surface area contributed by atoms with Gasteiger partial charge in [0.05, 0.1) is 12.2 Å². The van der Waals surface area contributed by atoms with Crippen molar-refractivity contribution < 1.29 is 9.53 Å². The summed E-state index contributed by atoms with van der Waals surface area (Å²) in [5.41, 5.74) is 11.3. The summed E-state index contributed by atoms with van der Waals surface area (Å²) in [5, 5.41) is 13.6. The van der Waals surface area contributed by atoms with Gasteiger partial charge in [-0.15, -0.1) is 0 Å². The first kappa shape index (κ1) is 23.3. The second kappa shape index (κ2) is 10.3. The van der Waals surface area contributed by atoms with Crippen molar-refractivity contribution in [3.8, 4) is 5.75 Å². The molecular weight excluding hydrogens is 402 g/mol. The van der Waals surface area contributed by atoms with Gasteiger partial charge in [-0.25, -0.2) is 4.98 Å². The molecule has 7 heteroatoms. The predicted molar refractivity (Wildman–Crippen MR) is 129 cm³/mol. The van der Waals surface area contributed by atoms with Crippen molar-refractivity contribution in [2.24, 2.45) is 5.92 Å². The molecule has 3 rings (SSSR count). The van der Waals surface area contributed by atoms with Crippen LogP contribution in [0.5, 0.6) is 5.75 Å². The van der Waals surface area contributed by atoms with Crippen LogP contribution in [-0.2, 0) is 0 Å². The first-order valence-corrected chi connectivity index (χ1v) is 11.0. The zero-order chi connectivity index (χ0) is 23.3. The number of amides is 1. The average Bonchev–Trinajstić information content (AvgIpc) is 3.21. The number of hydrogen-bond acceptors (Lipinski definition) is 6. The van der Waals surface area contributed by atoms with Crippen molar-refractivity contribution in [2.45, 2.75) is 46.1 Å². The second-order valence-electron chi connectivity index (χ2n) is 8.45. The van der Waals surface area contributed by atoms with E-state index in [2.05, 4.69) is 48.5 Å². The summed E-state index contributed by atoms with van der Waals surface area (Å²) in [5.74, 6) is 1.04. The highest BCUT2D eigenvalue weighted by Gasteiger charge is 2.30. The lowest BCUT2D eigenvalue weighted by molar-refractivity contribution is 0.0919. The van der Waals surface area contributed by atoms with E-state index in [1.807, 2.05) is 0 Å². The molecule has 0 radical (unpaired) electrons. The summed E-state index contributed by atoms with van der Waals surface area (Å²) in [6.07, 6.45) is 7.42. The smallest absolute Gasteiger partial charge is 0.255 e. The van der Waals surface area contributed by atoms with Crippen LogP contribution >= 0.6 is 0 Å². The first-order chi connectivity index (χ1) is 15.3. The molecule has 0 bridgehead atoms. The maximum Gasteiger partial charge on any atom is 0.255 e. The number of benzene rings is 1. The predicted octanol–water partition coefficient (Wildman–Crippen LogP) is 3.78. The molecule has 2 atom stereocenters. The van der Waals surface area contributed by atoms with Crippen LogP contribution in [0.15, 0.2) is 30.6 Å². The molecule has 7 nitrogen and oxygen atoms in total. The molecule has 1 heterocycles. The summed E-state index contributed by atoms with van der Waals surface area (Å²) in [4.78, 5) is 17.2. The molecule has 32 heavy (non-hydrogen) atoms. The number of nitrogens with zero attached hydrogens (tertiary/aromatic N) is 1. The fourth-order valence-electron chi connectivity index (χ4n) is 4.13. The van der Waals surface area contributed by atoms with E-state index in [0.717, 1.165) is 25.0 Å². The van der Waals surface area contributed by atoms with Gasteiger partial charge in [0.25, 0.3) is 5.91 Å². The Balaban J connectivity index is 1.69. The Morgan fingerprint density at radius 1 is 1.25 bits per heavy atom. The third-order valence-electron chi connectivity index (χ3n) is 6.29. The van der Waals surface area contributed by atoms with Gasteiger partial charge in [0.1, 0.15) is 11.6 Å². The highest BCUT2D eigenvalue weighted by Crippen LogP contribution is 2.28. The Morgan fingerprint density at radius 2 is 1.97 bits per heavy atom. The van der Waals surface area contributed by atoms with Crippen molar-refractivity contribution in [2.75, 3.05) is 19.4 Å². The van der Waals surface area contributed by atoms with Gasteiger partial charge in [0.2, 0.25) is 0 Å². The Bertz CT molecular complexity index is 1010. The van der Waals surface area contributed by atoms with Gasteiger partial charge in [-0.1, -0.05) is 6.42 Å². The van der Waals surface area contributed by atoms with Crippen molar-refractivity contribution in [3.05, 3.63) is 58.4 Å². The molecule has 5 N–H and O–H groups in total. The van der Waals surface area contributed by atoms with Crippen LogP contribution in [0.25, 0.3) is 5.57 Å². The minimum atomic E-state index is -0.246. The summed E-state index contributed by atoms with van der Waals surface area (Å²) in [6, 6.07) is 5.85. The molecule has 1 aromatic heterocycles. The van der Waals surface area contributed by atoms with Gasteiger partial charge in [-0.3, -0.25) is 4.79 Å². The molecule has 1 saturated carbocycles. The van der Waals surface area contributed by atoms with E-state index >= 15 is 0 Å².